The first-order valence-corrected chi connectivity index (χ1v) is 15.3. The van der Waals surface area contributed by atoms with E-state index in [9.17, 15) is 13.5 Å². The first kappa shape index (κ1) is 25.7. The zero-order valence-electron chi connectivity index (χ0n) is 22.1. The van der Waals surface area contributed by atoms with Gasteiger partial charge in [0.1, 0.15) is 23.9 Å². The second-order valence-corrected chi connectivity index (χ2v) is 12.6. The van der Waals surface area contributed by atoms with E-state index in [1.54, 1.807) is 31.2 Å². The number of ether oxygens (including phenoxy) is 2. The number of rotatable bonds is 7. The molecule has 2 aliphatic heterocycles. The lowest BCUT2D eigenvalue weighted by molar-refractivity contribution is 0.183. The Morgan fingerprint density at radius 1 is 0.923 bits per heavy atom. The molecule has 0 saturated carbocycles. The maximum absolute atomic E-state index is 12.6. The van der Waals surface area contributed by atoms with Gasteiger partial charge in [0, 0.05) is 17.7 Å². The van der Waals surface area contributed by atoms with E-state index in [4.69, 9.17) is 9.47 Å². The Morgan fingerprint density at radius 2 is 1.69 bits per heavy atom. The number of phenolic OH excluding ortho intramolecular Hbond substituents is 1. The van der Waals surface area contributed by atoms with Crippen LogP contribution in [-0.2, 0) is 9.84 Å². The number of piperidine rings is 1. The fourth-order valence-electron chi connectivity index (χ4n) is 5.68. The molecule has 39 heavy (non-hydrogen) atoms. The highest BCUT2D eigenvalue weighted by atomic mass is 32.2. The number of aromatic hydroxyl groups is 1. The molecule has 1 unspecified atom stereocenters. The quantitative estimate of drug-likeness (QED) is 0.293. The minimum atomic E-state index is -3.38. The molecule has 1 N–H and O–H groups in total. The fraction of sp³-hybridized carbons (Fsp3) is 0.312. The maximum atomic E-state index is 12.6. The lowest BCUT2D eigenvalue weighted by atomic mass is 9.86. The number of fused-ring (bicyclic) bond motifs is 5. The SMILES string of the molecule is CCS(=O)(=O)c1ccc2c(c1)OC(c1ccc(OCCN3CCCCC3)cc1)c1c-2ccc2cc(O)ccc12. The summed E-state index contributed by atoms with van der Waals surface area (Å²) in [5.41, 5.74) is 3.77. The monoisotopic (exact) mass is 543 g/mol. The molecule has 7 heteroatoms. The van der Waals surface area contributed by atoms with E-state index in [0.717, 1.165) is 58.4 Å². The molecule has 202 valence electrons. The van der Waals surface area contributed by atoms with Gasteiger partial charge in [0.05, 0.1) is 10.6 Å². The maximum Gasteiger partial charge on any atom is 0.178 e. The molecule has 2 aliphatic rings. The number of nitrogens with zero attached hydrogens (tertiary/aromatic N) is 1. The number of likely N-dealkylation sites (tertiary alicyclic amines) is 1. The van der Waals surface area contributed by atoms with Crippen LogP contribution in [0.25, 0.3) is 21.9 Å². The molecule has 1 atom stereocenters. The van der Waals surface area contributed by atoms with Gasteiger partial charge >= 0.3 is 0 Å². The first-order valence-electron chi connectivity index (χ1n) is 13.7. The Bertz CT molecular complexity index is 1610. The van der Waals surface area contributed by atoms with Crippen LogP contribution in [0, 0.1) is 0 Å². The predicted molar refractivity (Wildman–Crippen MR) is 153 cm³/mol. The van der Waals surface area contributed by atoms with E-state index in [2.05, 4.69) is 4.90 Å². The molecule has 0 amide bonds. The molecule has 6 rings (SSSR count). The number of sulfone groups is 1. The Kier molecular flexibility index (Phi) is 6.95. The third-order valence-electron chi connectivity index (χ3n) is 7.84. The molecule has 0 bridgehead atoms. The Hall–Kier alpha value is -3.55. The molecule has 1 fully saturated rings. The van der Waals surface area contributed by atoms with Crippen LogP contribution in [0.1, 0.15) is 43.4 Å². The van der Waals surface area contributed by atoms with Crippen LogP contribution in [-0.4, -0.2) is 50.4 Å². The van der Waals surface area contributed by atoms with Crippen LogP contribution in [0.4, 0.5) is 0 Å². The highest BCUT2D eigenvalue weighted by molar-refractivity contribution is 7.91. The highest BCUT2D eigenvalue weighted by Gasteiger charge is 2.30. The molecule has 0 spiro atoms. The third-order valence-corrected chi connectivity index (χ3v) is 9.57. The van der Waals surface area contributed by atoms with Gasteiger partial charge in [0.15, 0.2) is 15.9 Å². The molecule has 4 aromatic rings. The van der Waals surface area contributed by atoms with Crippen LogP contribution >= 0.6 is 0 Å². The minimum Gasteiger partial charge on any atom is -0.508 e. The Balaban J connectivity index is 1.35. The highest BCUT2D eigenvalue weighted by Crippen LogP contribution is 2.48. The molecule has 6 nitrogen and oxygen atoms in total. The van der Waals surface area contributed by atoms with Gasteiger partial charge in [0.25, 0.3) is 0 Å². The first-order chi connectivity index (χ1) is 18.9. The van der Waals surface area contributed by atoms with Crippen LogP contribution in [0.3, 0.4) is 0 Å². The van der Waals surface area contributed by atoms with Crippen molar-refractivity contribution in [3.63, 3.8) is 0 Å². The summed E-state index contributed by atoms with van der Waals surface area (Å²) < 4.78 is 37.9. The summed E-state index contributed by atoms with van der Waals surface area (Å²) in [5, 5.41) is 12.0. The molecule has 2 heterocycles. The lowest BCUT2D eigenvalue weighted by Crippen LogP contribution is -2.33. The van der Waals surface area contributed by atoms with Gasteiger partial charge in [-0.15, -0.1) is 0 Å². The van der Waals surface area contributed by atoms with Gasteiger partial charge in [-0.25, -0.2) is 8.42 Å². The second-order valence-electron chi connectivity index (χ2n) is 10.3. The number of hydrogen-bond acceptors (Lipinski definition) is 6. The topological polar surface area (TPSA) is 76.1 Å². The standard InChI is InChI=1S/C32H33NO5S/c1-2-39(35,36)26-12-15-28-29-13-8-23-20-24(34)9-14-27(23)31(29)32(38-30(28)21-26)22-6-10-25(11-7-22)37-19-18-33-16-4-3-5-17-33/h6-15,20-21,32,34H,2-5,16-19H2,1H3. The van der Waals surface area contributed by atoms with Crippen molar-refractivity contribution in [2.24, 2.45) is 0 Å². The fourth-order valence-corrected chi connectivity index (χ4v) is 6.57. The molecule has 4 aromatic carbocycles. The summed E-state index contributed by atoms with van der Waals surface area (Å²) in [6.07, 6.45) is 3.39. The molecule has 0 aliphatic carbocycles. The van der Waals surface area contributed by atoms with Crippen molar-refractivity contribution >= 4 is 20.6 Å². The number of hydrogen-bond donors (Lipinski definition) is 1. The van der Waals surface area contributed by atoms with Gasteiger partial charge in [-0.05, 0) is 90.3 Å². The van der Waals surface area contributed by atoms with E-state index < -0.39 is 15.9 Å². The van der Waals surface area contributed by atoms with Crippen molar-refractivity contribution in [3.8, 4) is 28.4 Å². The van der Waals surface area contributed by atoms with Crippen molar-refractivity contribution in [3.05, 3.63) is 83.9 Å². The van der Waals surface area contributed by atoms with Gasteiger partial charge < -0.3 is 14.6 Å². The van der Waals surface area contributed by atoms with Crippen LogP contribution < -0.4 is 9.47 Å². The normalized spacial score (nSPS) is 17.3. The summed E-state index contributed by atoms with van der Waals surface area (Å²) in [6, 6.07) is 22.5. The van der Waals surface area contributed by atoms with Crippen LogP contribution in [0.2, 0.25) is 0 Å². The van der Waals surface area contributed by atoms with Gasteiger partial charge in [0.2, 0.25) is 0 Å². The van der Waals surface area contributed by atoms with E-state index in [-0.39, 0.29) is 16.4 Å². The largest absolute Gasteiger partial charge is 0.508 e. The Labute approximate surface area is 229 Å². The van der Waals surface area contributed by atoms with E-state index in [1.165, 1.54) is 19.3 Å². The number of phenols is 1. The number of benzene rings is 4. The third kappa shape index (κ3) is 5.09. The van der Waals surface area contributed by atoms with Crippen molar-refractivity contribution in [2.45, 2.75) is 37.2 Å². The summed E-state index contributed by atoms with van der Waals surface area (Å²) in [6.45, 7) is 5.52. The Morgan fingerprint density at radius 3 is 2.46 bits per heavy atom. The van der Waals surface area contributed by atoms with E-state index >= 15 is 0 Å². The zero-order chi connectivity index (χ0) is 27.0. The van der Waals surface area contributed by atoms with Crippen molar-refractivity contribution < 1.29 is 23.0 Å². The molecule has 1 saturated heterocycles. The smallest absolute Gasteiger partial charge is 0.178 e. The van der Waals surface area contributed by atoms with Crippen molar-refractivity contribution in [1.82, 2.24) is 4.90 Å². The summed E-state index contributed by atoms with van der Waals surface area (Å²) >= 11 is 0. The summed E-state index contributed by atoms with van der Waals surface area (Å²) in [4.78, 5) is 2.71. The lowest BCUT2D eigenvalue weighted by Gasteiger charge is -2.31. The second kappa shape index (κ2) is 10.5. The van der Waals surface area contributed by atoms with E-state index in [0.29, 0.717) is 12.4 Å². The molecular weight excluding hydrogens is 510 g/mol. The zero-order valence-corrected chi connectivity index (χ0v) is 22.9. The van der Waals surface area contributed by atoms with Gasteiger partial charge in [-0.2, -0.15) is 0 Å². The van der Waals surface area contributed by atoms with Crippen molar-refractivity contribution in [2.75, 3.05) is 32.0 Å². The molecule has 0 radical (unpaired) electrons. The average molecular weight is 544 g/mol. The molecular formula is C32H33NO5S. The van der Waals surface area contributed by atoms with Crippen LogP contribution in [0.15, 0.2) is 77.7 Å². The average Bonchev–Trinajstić information content (AvgIpc) is 2.97. The summed E-state index contributed by atoms with van der Waals surface area (Å²) in [5.74, 6) is 1.59. The minimum absolute atomic E-state index is 0.0269. The predicted octanol–water partition coefficient (Wildman–Crippen LogP) is 6.35. The van der Waals surface area contributed by atoms with E-state index in [1.807, 2.05) is 48.5 Å². The summed E-state index contributed by atoms with van der Waals surface area (Å²) in [7, 11) is -3.38. The molecule has 0 aromatic heterocycles. The van der Waals surface area contributed by atoms with Crippen LogP contribution in [0.5, 0.6) is 17.2 Å². The van der Waals surface area contributed by atoms with Gasteiger partial charge in [-0.3, -0.25) is 4.90 Å². The van der Waals surface area contributed by atoms with Gasteiger partial charge in [-0.1, -0.05) is 43.7 Å². The van der Waals surface area contributed by atoms with Crippen molar-refractivity contribution in [1.29, 1.82) is 0 Å².